The molecule has 1 aliphatic carbocycles. The average Bonchev–Trinajstić information content (AvgIpc) is 2.99. The number of carbonyl (C=O) groups is 1. The SMILES string of the molecule is CCNC1(C(=O)O)CCCC1CCSc1ccoc1C. The molecule has 2 N–H and O–H groups in total. The Labute approximate surface area is 124 Å². The number of furan rings is 1. The van der Waals surface area contributed by atoms with Crippen LogP contribution in [-0.2, 0) is 4.79 Å². The van der Waals surface area contributed by atoms with E-state index in [4.69, 9.17) is 4.42 Å². The second kappa shape index (κ2) is 6.68. The van der Waals surface area contributed by atoms with Crippen molar-refractivity contribution < 1.29 is 14.3 Å². The van der Waals surface area contributed by atoms with Gasteiger partial charge in [0, 0.05) is 4.90 Å². The summed E-state index contributed by atoms with van der Waals surface area (Å²) in [6, 6.07) is 1.98. The molecule has 0 spiro atoms. The molecule has 5 heteroatoms. The Kier molecular flexibility index (Phi) is 5.16. The van der Waals surface area contributed by atoms with Crippen LogP contribution in [0.1, 0.15) is 38.4 Å². The molecule has 0 aromatic carbocycles. The number of nitrogens with one attached hydrogen (secondary N) is 1. The number of likely N-dealkylation sites (N-methyl/N-ethyl adjacent to an activating group) is 1. The van der Waals surface area contributed by atoms with Crippen LogP contribution in [0.2, 0.25) is 0 Å². The zero-order valence-electron chi connectivity index (χ0n) is 12.1. The Bertz CT molecular complexity index is 460. The molecular formula is C15H23NO3S. The lowest BCUT2D eigenvalue weighted by Crippen LogP contribution is -2.54. The van der Waals surface area contributed by atoms with E-state index in [2.05, 4.69) is 5.32 Å². The van der Waals surface area contributed by atoms with E-state index in [1.54, 1.807) is 18.0 Å². The van der Waals surface area contributed by atoms with Gasteiger partial charge in [-0.3, -0.25) is 4.79 Å². The molecule has 0 radical (unpaired) electrons. The van der Waals surface area contributed by atoms with Crippen molar-refractivity contribution in [2.45, 2.75) is 50.0 Å². The molecule has 1 saturated carbocycles. The number of aliphatic carboxylic acids is 1. The fraction of sp³-hybridized carbons (Fsp3) is 0.667. The highest BCUT2D eigenvalue weighted by Crippen LogP contribution is 2.39. The first-order valence-electron chi connectivity index (χ1n) is 7.25. The van der Waals surface area contributed by atoms with Gasteiger partial charge in [0.1, 0.15) is 11.3 Å². The van der Waals surface area contributed by atoms with Gasteiger partial charge in [-0.25, -0.2) is 0 Å². The highest BCUT2D eigenvalue weighted by atomic mass is 32.2. The van der Waals surface area contributed by atoms with Crippen LogP contribution in [0.4, 0.5) is 0 Å². The molecule has 20 heavy (non-hydrogen) atoms. The molecule has 1 fully saturated rings. The van der Waals surface area contributed by atoms with Gasteiger partial charge in [0.25, 0.3) is 0 Å². The molecule has 112 valence electrons. The molecule has 1 aromatic heterocycles. The monoisotopic (exact) mass is 297 g/mol. The molecule has 1 heterocycles. The van der Waals surface area contributed by atoms with Crippen molar-refractivity contribution in [1.29, 1.82) is 0 Å². The van der Waals surface area contributed by atoms with Crippen molar-refractivity contribution in [2.24, 2.45) is 5.92 Å². The molecule has 2 unspecified atom stereocenters. The molecule has 1 aromatic rings. The Morgan fingerprint density at radius 3 is 3.05 bits per heavy atom. The minimum atomic E-state index is -0.708. The summed E-state index contributed by atoms with van der Waals surface area (Å²) in [5.41, 5.74) is -0.708. The minimum absolute atomic E-state index is 0.222. The summed E-state index contributed by atoms with van der Waals surface area (Å²) in [4.78, 5) is 12.8. The van der Waals surface area contributed by atoms with E-state index < -0.39 is 11.5 Å². The van der Waals surface area contributed by atoms with Crippen molar-refractivity contribution in [1.82, 2.24) is 5.32 Å². The maximum absolute atomic E-state index is 11.7. The maximum atomic E-state index is 11.7. The molecular weight excluding hydrogens is 274 g/mol. The standard InChI is InChI=1S/C15H23NO3S/c1-3-16-15(14(17)18)8-4-5-12(15)7-10-20-13-6-9-19-11(13)2/h6,9,12,16H,3-5,7-8,10H2,1-2H3,(H,17,18). The smallest absolute Gasteiger partial charge is 0.324 e. The first kappa shape index (κ1) is 15.4. The van der Waals surface area contributed by atoms with Gasteiger partial charge >= 0.3 is 5.97 Å². The first-order chi connectivity index (χ1) is 9.60. The van der Waals surface area contributed by atoms with E-state index in [9.17, 15) is 9.90 Å². The number of carboxylic acid groups (broad SMARTS) is 1. The lowest BCUT2D eigenvalue weighted by Gasteiger charge is -2.32. The van der Waals surface area contributed by atoms with Crippen LogP contribution in [0.15, 0.2) is 21.6 Å². The van der Waals surface area contributed by atoms with Gasteiger partial charge in [-0.15, -0.1) is 11.8 Å². The van der Waals surface area contributed by atoms with Crippen LogP contribution in [0.25, 0.3) is 0 Å². The number of thioether (sulfide) groups is 1. The van der Waals surface area contributed by atoms with Crippen LogP contribution < -0.4 is 5.32 Å². The summed E-state index contributed by atoms with van der Waals surface area (Å²) in [7, 11) is 0. The maximum Gasteiger partial charge on any atom is 0.324 e. The summed E-state index contributed by atoms with van der Waals surface area (Å²) in [6.45, 7) is 4.64. The van der Waals surface area contributed by atoms with E-state index in [0.29, 0.717) is 6.54 Å². The zero-order valence-corrected chi connectivity index (χ0v) is 13.0. The third-order valence-electron chi connectivity index (χ3n) is 4.23. The highest BCUT2D eigenvalue weighted by molar-refractivity contribution is 7.99. The normalized spacial score (nSPS) is 26.0. The van der Waals surface area contributed by atoms with Crippen LogP contribution in [-0.4, -0.2) is 28.9 Å². The Morgan fingerprint density at radius 1 is 1.65 bits per heavy atom. The molecule has 4 nitrogen and oxygen atoms in total. The summed E-state index contributed by atoms with van der Waals surface area (Å²) in [5.74, 6) is 1.41. The molecule has 2 atom stereocenters. The predicted molar refractivity (Wildman–Crippen MR) is 80.2 cm³/mol. The first-order valence-corrected chi connectivity index (χ1v) is 8.24. The van der Waals surface area contributed by atoms with Crippen LogP contribution in [0.5, 0.6) is 0 Å². The fourth-order valence-electron chi connectivity index (χ4n) is 3.21. The minimum Gasteiger partial charge on any atom is -0.480 e. The zero-order chi connectivity index (χ0) is 14.6. The Balaban J connectivity index is 1.94. The molecule has 2 rings (SSSR count). The van der Waals surface area contributed by atoms with E-state index in [1.165, 1.54) is 0 Å². The third kappa shape index (κ3) is 3.04. The molecule has 0 aliphatic heterocycles. The van der Waals surface area contributed by atoms with Crippen molar-refractivity contribution in [3.05, 3.63) is 18.1 Å². The van der Waals surface area contributed by atoms with Gasteiger partial charge in [-0.2, -0.15) is 0 Å². The number of carboxylic acids is 1. The molecule has 0 bridgehead atoms. The van der Waals surface area contributed by atoms with Gasteiger partial charge in [-0.1, -0.05) is 13.3 Å². The Hall–Kier alpha value is -0.940. The largest absolute Gasteiger partial charge is 0.480 e. The van der Waals surface area contributed by atoms with Gasteiger partial charge in [0.2, 0.25) is 0 Å². The molecule has 1 aliphatic rings. The average molecular weight is 297 g/mol. The van der Waals surface area contributed by atoms with Crippen LogP contribution >= 0.6 is 11.8 Å². The molecule has 0 saturated heterocycles. The van der Waals surface area contributed by atoms with Crippen molar-refractivity contribution in [3.8, 4) is 0 Å². The van der Waals surface area contributed by atoms with Gasteiger partial charge in [0.05, 0.1) is 6.26 Å². The number of rotatable bonds is 7. The summed E-state index contributed by atoms with van der Waals surface area (Å²) < 4.78 is 5.28. The van der Waals surface area contributed by atoms with Crippen molar-refractivity contribution >= 4 is 17.7 Å². The highest BCUT2D eigenvalue weighted by Gasteiger charge is 2.48. The number of hydrogen-bond acceptors (Lipinski definition) is 4. The van der Waals surface area contributed by atoms with Crippen LogP contribution in [0.3, 0.4) is 0 Å². The van der Waals surface area contributed by atoms with Crippen LogP contribution in [0, 0.1) is 12.8 Å². The van der Waals surface area contributed by atoms with E-state index in [-0.39, 0.29) is 5.92 Å². The summed E-state index contributed by atoms with van der Waals surface area (Å²) in [5, 5.41) is 12.8. The lowest BCUT2D eigenvalue weighted by molar-refractivity contribution is -0.146. The lowest BCUT2D eigenvalue weighted by atomic mass is 9.85. The number of hydrogen-bond donors (Lipinski definition) is 2. The quantitative estimate of drug-likeness (QED) is 0.756. The number of aryl methyl sites for hydroxylation is 1. The Morgan fingerprint density at radius 2 is 2.45 bits per heavy atom. The fourth-order valence-corrected chi connectivity index (χ4v) is 4.23. The topological polar surface area (TPSA) is 62.5 Å². The molecule has 0 amide bonds. The summed E-state index contributed by atoms with van der Waals surface area (Å²) >= 11 is 1.76. The third-order valence-corrected chi connectivity index (χ3v) is 5.40. The second-order valence-electron chi connectivity index (χ2n) is 5.37. The second-order valence-corrected chi connectivity index (χ2v) is 6.51. The van der Waals surface area contributed by atoms with E-state index in [1.807, 2.05) is 19.9 Å². The van der Waals surface area contributed by atoms with Crippen molar-refractivity contribution in [3.63, 3.8) is 0 Å². The summed E-state index contributed by atoms with van der Waals surface area (Å²) in [6.07, 6.45) is 5.38. The van der Waals surface area contributed by atoms with Gasteiger partial charge < -0.3 is 14.8 Å². The van der Waals surface area contributed by atoms with E-state index >= 15 is 0 Å². The van der Waals surface area contributed by atoms with Gasteiger partial charge in [0.15, 0.2) is 0 Å². The van der Waals surface area contributed by atoms with E-state index in [0.717, 1.165) is 42.1 Å². The predicted octanol–water partition coefficient (Wildman–Crippen LogP) is 3.30. The van der Waals surface area contributed by atoms with Crippen molar-refractivity contribution in [2.75, 3.05) is 12.3 Å². The van der Waals surface area contributed by atoms with Gasteiger partial charge in [-0.05, 0) is 50.5 Å².